The third-order valence-corrected chi connectivity index (χ3v) is 2.12. The van der Waals surface area contributed by atoms with E-state index in [1.165, 1.54) is 0 Å². The van der Waals surface area contributed by atoms with Crippen LogP contribution in [0.1, 0.15) is 26.7 Å². The van der Waals surface area contributed by atoms with Crippen LogP contribution in [0.15, 0.2) is 0 Å². The van der Waals surface area contributed by atoms with Gasteiger partial charge in [-0.15, -0.1) is 0 Å². The number of hydrogen-bond acceptors (Lipinski definition) is 3. The normalized spacial score (nSPS) is 16.4. The maximum absolute atomic E-state index is 5.41. The summed E-state index contributed by atoms with van der Waals surface area (Å²) in [6.45, 7) is 4.92. The van der Waals surface area contributed by atoms with Crippen molar-refractivity contribution in [2.45, 2.75) is 38.8 Å². The van der Waals surface area contributed by atoms with Gasteiger partial charge >= 0.3 is 0 Å². The molecular weight excluding hydrogens is 138 g/mol. The van der Waals surface area contributed by atoms with Crippen molar-refractivity contribution in [1.82, 2.24) is 10.6 Å². The van der Waals surface area contributed by atoms with Crippen LogP contribution in [0.25, 0.3) is 0 Å². The van der Waals surface area contributed by atoms with E-state index < -0.39 is 0 Å². The van der Waals surface area contributed by atoms with Crippen molar-refractivity contribution < 1.29 is 0 Å². The van der Waals surface area contributed by atoms with Crippen LogP contribution in [0, 0.1) is 0 Å². The second-order valence-electron chi connectivity index (χ2n) is 2.73. The highest BCUT2D eigenvalue weighted by Crippen LogP contribution is 2.01. The molecule has 0 aromatic rings. The van der Waals surface area contributed by atoms with E-state index in [4.69, 9.17) is 5.73 Å². The Hall–Kier alpha value is -0.120. The molecule has 0 aromatic heterocycles. The fraction of sp³-hybridized carbons (Fsp3) is 1.00. The highest BCUT2D eigenvalue weighted by molar-refractivity contribution is 4.77. The largest absolute Gasteiger partial charge is 0.318 e. The average molecular weight is 159 g/mol. The maximum Gasteiger partial charge on any atom is 0.0431 e. The predicted octanol–water partition coefficient (Wildman–Crippen LogP) is 0.269. The quantitative estimate of drug-likeness (QED) is 0.488. The maximum atomic E-state index is 5.41. The molecular formula is C8H21N3. The molecule has 0 fully saturated rings. The van der Waals surface area contributed by atoms with E-state index in [9.17, 15) is 0 Å². The summed E-state index contributed by atoms with van der Waals surface area (Å²) in [5.74, 6) is 0. The van der Waals surface area contributed by atoms with Gasteiger partial charge in [-0.25, -0.2) is 0 Å². The topological polar surface area (TPSA) is 50.1 Å². The Morgan fingerprint density at radius 2 is 1.73 bits per heavy atom. The molecule has 68 valence electrons. The molecule has 0 radical (unpaired) electrons. The molecule has 2 atom stereocenters. The number of nitrogens with two attached hydrogens (primary N) is 1. The van der Waals surface area contributed by atoms with E-state index in [-0.39, 0.29) is 0 Å². The molecule has 11 heavy (non-hydrogen) atoms. The first-order valence-corrected chi connectivity index (χ1v) is 4.40. The molecule has 0 spiro atoms. The summed E-state index contributed by atoms with van der Waals surface area (Å²) < 4.78 is 0. The fourth-order valence-electron chi connectivity index (χ4n) is 1.41. The van der Waals surface area contributed by atoms with E-state index in [0.29, 0.717) is 18.8 Å². The number of rotatable bonds is 6. The molecule has 0 saturated carbocycles. The van der Waals surface area contributed by atoms with Crippen molar-refractivity contribution in [3.8, 4) is 0 Å². The first kappa shape index (κ1) is 10.9. The van der Waals surface area contributed by atoms with E-state index in [2.05, 4.69) is 24.5 Å². The fourth-order valence-corrected chi connectivity index (χ4v) is 1.41. The molecule has 0 aromatic carbocycles. The first-order chi connectivity index (χ1) is 5.29. The van der Waals surface area contributed by atoms with Crippen LogP contribution in [0.3, 0.4) is 0 Å². The minimum Gasteiger partial charge on any atom is -0.318 e. The van der Waals surface area contributed by atoms with Crippen LogP contribution < -0.4 is 16.4 Å². The zero-order chi connectivity index (χ0) is 8.69. The van der Waals surface area contributed by atoms with Gasteiger partial charge in [0.15, 0.2) is 0 Å². The smallest absolute Gasteiger partial charge is 0.0431 e. The van der Waals surface area contributed by atoms with E-state index in [1.807, 2.05) is 7.05 Å². The summed E-state index contributed by atoms with van der Waals surface area (Å²) >= 11 is 0. The van der Waals surface area contributed by atoms with Gasteiger partial charge in [-0.3, -0.25) is 0 Å². The summed E-state index contributed by atoms with van der Waals surface area (Å²) in [5, 5.41) is 6.52. The molecule has 0 aliphatic rings. The predicted molar refractivity (Wildman–Crippen MR) is 49.4 cm³/mol. The molecule has 0 aliphatic heterocycles. The van der Waals surface area contributed by atoms with Crippen molar-refractivity contribution in [1.29, 1.82) is 0 Å². The molecule has 0 heterocycles. The molecule has 0 aliphatic carbocycles. The van der Waals surface area contributed by atoms with Crippen LogP contribution in [0.5, 0.6) is 0 Å². The van der Waals surface area contributed by atoms with Gasteiger partial charge in [0, 0.05) is 18.8 Å². The lowest BCUT2D eigenvalue weighted by Gasteiger charge is -2.25. The lowest BCUT2D eigenvalue weighted by atomic mass is 10.0. The van der Waals surface area contributed by atoms with Gasteiger partial charge in [0.1, 0.15) is 0 Å². The van der Waals surface area contributed by atoms with Gasteiger partial charge in [-0.2, -0.15) is 0 Å². The van der Waals surface area contributed by atoms with E-state index in [1.54, 1.807) is 0 Å². The van der Waals surface area contributed by atoms with Crippen LogP contribution >= 0.6 is 0 Å². The zero-order valence-corrected chi connectivity index (χ0v) is 7.85. The third-order valence-electron chi connectivity index (χ3n) is 2.12. The molecule has 2 unspecified atom stereocenters. The summed E-state index contributed by atoms with van der Waals surface area (Å²) in [6.07, 6.45) is 2.26. The van der Waals surface area contributed by atoms with Gasteiger partial charge in [-0.05, 0) is 19.9 Å². The number of likely N-dealkylation sites (N-methyl/N-ethyl adjacent to an activating group) is 1. The molecule has 0 amide bonds. The summed E-state index contributed by atoms with van der Waals surface area (Å²) in [4.78, 5) is 0. The summed E-state index contributed by atoms with van der Waals surface area (Å²) in [7, 11) is 2.00. The van der Waals surface area contributed by atoms with E-state index in [0.717, 1.165) is 12.8 Å². The van der Waals surface area contributed by atoms with Crippen LogP contribution in [-0.2, 0) is 0 Å². The molecule has 0 bridgehead atoms. The minimum atomic E-state index is 0.509. The Balaban J connectivity index is 3.76. The SMILES string of the molecule is CCC(NC)C(CC)NCN. The van der Waals surface area contributed by atoms with E-state index >= 15 is 0 Å². The Labute approximate surface area is 69.7 Å². The standard InChI is InChI=1S/C8H21N3/c1-4-7(10-3)8(5-2)11-6-9/h7-8,10-11H,4-6,9H2,1-3H3. The highest BCUT2D eigenvalue weighted by atomic mass is 15.0. The Kier molecular flexibility index (Phi) is 6.51. The van der Waals surface area contributed by atoms with Crippen molar-refractivity contribution in [3.05, 3.63) is 0 Å². The summed E-state index contributed by atoms with van der Waals surface area (Å²) in [6, 6.07) is 1.05. The average Bonchev–Trinajstić information content (AvgIpc) is 2.05. The highest BCUT2D eigenvalue weighted by Gasteiger charge is 2.14. The van der Waals surface area contributed by atoms with Crippen molar-refractivity contribution in [3.63, 3.8) is 0 Å². The molecule has 0 rings (SSSR count). The monoisotopic (exact) mass is 159 g/mol. The summed E-state index contributed by atoms with van der Waals surface area (Å²) in [5.41, 5.74) is 5.41. The first-order valence-electron chi connectivity index (χ1n) is 4.40. The van der Waals surface area contributed by atoms with Crippen molar-refractivity contribution >= 4 is 0 Å². The Bertz CT molecular complexity index is 81.4. The van der Waals surface area contributed by atoms with Crippen molar-refractivity contribution in [2.75, 3.05) is 13.7 Å². The molecule has 0 saturated heterocycles. The second-order valence-corrected chi connectivity index (χ2v) is 2.73. The van der Waals surface area contributed by atoms with Gasteiger partial charge in [0.2, 0.25) is 0 Å². The van der Waals surface area contributed by atoms with Gasteiger partial charge in [0.25, 0.3) is 0 Å². The second kappa shape index (κ2) is 6.58. The number of hydrogen-bond donors (Lipinski definition) is 3. The zero-order valence-electron chi connectivity index (χ0n) is 7.85. The van der Waals surface area contributed by atoms with Crippen LogP contribution in [0.2, 0.25) is 0 Å². The van der Waals surface area contributed by atoms with Gasteiger partial charge in [0.05, 0.1) is 0 Å². The van der Waals surface area contributed by atoms with Gasteiger partial charge in [-0.1, -0.05) is 13.8 Å². The van der Waals surface area contributed by atoms with Gasteiger partial charge < -0.3 is 16.4 Å². The Morgan fingerprint density at radius 1 is 1.18 bits per heavy atom. The molecule has 4 N–H and O–H groups in total. The Morgan fingerprint density at radius 3 is 2.00 bits per heavy atom. The molecule has 3 nitrogen and oxygen atoms in total. The lowest BCUT2D eigenvalue weighted by Crippen LogP contribution is -2.47. The van der Waals surface area contributed by atoms with Crippen molar-refractivity contribution in [2.24, 2.45) is 5.73 Å². The molecule has 3 heteroatoms. The van der Waals surface area contributed by atoms with Crippen LogP contribution in [-0.4, -0.2) is 25.8 Å². The van der Waals surface area contributed by atoms with Crippen LogP contribution in [0.4, 0.5) is 0 Å². The minimum absolute atomic E-state index is 0.509. The lowest BCUT2D eigenvalue weighted by molar-refractivity contribution is 0.372. The third kappa shape index (κ3) is 3.70. The number of nitrogens with one attached hydrogen (secondary N) is 2.